The SMILES string of the molecule is CCc1cccc(NC(=O)Nc2cccc(C3C(C(=O)N(CC)CC)=C(C)N=C4SCCCN43)c2)c1. The van der Waals surface area contributed by atoms with E-state index in [1.54, 1.807) is 11.8 Å². The van der Waals surface area contributed by atoms with Crippen molar-refractivity contribution in [3.05, 3.63) is 70.9 Å². The third-order valence-corrected chi connectivity index (χ3v) is 7.67. The Balaban J connectivity index is 1.63. The van der Waals surface area contributed by atoms with Crippen molar-refractivity contribution in [1.82, 2.24) is 9.80 Å². The van der Waals surface area contributed by atoms with Crippen molar-refractivity contribution >= 4 is 40.2 Å². The number of nitrogens with zero attached hydrogens (tertiary/aromatic N) is 3. The van der Waals surface area contributed by atoms with Crippen molar-refractivity contribution in [2.24, 2.45) is 4.99 Å². The second kappa shape index (κ2) is 11.6. The molecular formula is C28H35N5O2S. The number of anilines is 2. The first kappa shape index (κ1) is 25.8. The molecule has 1 atom stereocenters. The Morgan fingerprint density at radius 2 is 1.75 bits per heavy atom. The van der Waals surface area contributed by atoms with Crippen molar-refractivity contribution in [2.75, 3.05) is 36.0 Å². The lowest BCUT2D eigenvalue weighted by atomic mass is 9.93. The first-order valence-corrected chi connectivity index (χ1v) is 13.7. The molecule has 2 aliphatic heterocycles. The highest BCUT2D eigenvalue weighted by Gasteiger charge is 2.38. The fraction of sp³-hybridized carbons (Fsp3) is 0.393. The molecule has 1 fully saturated rings. The van der Waals surface area contributed by atoms with Gasteiger partial charge in [0.2, 0.25) is 0 Å². The van der Waals surface area contributed by atoms with Gasteiger partial charge in [-0.15, -0.1) is 0 Å². The summed E-state index contributed by atoms with van der Waals surface area (Å²) in [5, 5.41) is 6.85. The largest absolute Gasteiger partial charge is 0.340 e. The topological polar surface area (TPSA) is 77.0 Å². The first-order valence-electron chi connectivity index (χ1n) is 12.7. The van der Waals surface area contributed by atoms with E-state index in [9.17, 15) is 9.59 Å². The molecule has 1 unspecified atom stereocenters. The third-order valence-electron chi connectivity index (χ3n) is 6.59. The zero-order valence-corrected chi connectivity index (χ0v) is 22.3. The van der Waals surface area contributed by atoms with Gasteiger partial charge in [0.25, 0.3) is 5.91 Å². The molecular weight excluding hydrogens is 470 g/mol. The Morgan fingerprint density at radius 3 is 2.44 bits per heavy atom. The minimum Gasteiger partial charge on any atom is -0.340 e. The molecule has 8 heteroatoms. The summed E-state index contributed by atoms with van der Waals surface area (Å²) < 4.78 is 0. The zero-order chi connectivity index (χ0) is 25.7. The molecule has 190 valence electrons. The van der Waals surface area contributed by atoms with Crippen molar-refractivity contribution in [3.8, 4) is 0 Å². The number of fused-ring (bicyclic) bond motifs is 1. The number of aliphatic imine (C=N–C) groups is 1. The van der Waals surface area contributed by atoms with Crippen molar-refractivity contribution < 1.29 is 9.59 Å². The van der Waals surface area contributed by atoms with Gasteiger partial charge < -0.3 is 20.4 Å². The Morgan fingerprint density at radius 1 is 1.06 bits per heavy atom. The molecule has 4 rings (SSSR count). The molecule has 36 heavy (non-hydrogen) atoms. The fourth-order valence-corrected chi connectivity index (χ4v) is 5.74. The van der Waals surface area contributed by atoms with Crippen LogP contribution in [-0.4, -0.2) is 52.3 Å². The number of aryl methyl sites for hydroxylation is 1. The lowest BCUT2D eigenvalue weighted by molar-refractivity contribution is -0.127. The van der Waals surface area contributed by atoms with Gasteiger partial charge in [0.1, 0.15) is 0 Å². The van der Waals surface area contributed by atoms with E-state index in [2.05, 4.69) is 22.5 Å². The van der Waals surface area contributed by atoms with Crippen LogP contribution in [0.1, 0.15) is 51.3 Å². The van der Waals surface area contributed by atoms with Crippen LogP contribution in [0.15, 0.2) is 64.8 Å². The number of amides is 3. The van der Waals surface area contributed by atoms with Gasteiger partial charge >= 0.3 is 6.03 Å². The number of carbonyl (C=O) groups is 2. The number of nitrogens with one attached hydrogen (secondary N) is 2. The van der Waals surface area contributed by atoms with Gasteiger partial charge in [0.15, 0.2) is 5.17 Å². The van der Waals surface area contributed by atoms with Gasteiger partial charge in [-0.2, -0.15) is 0 Å². The lowest BCUT2D eigenvalue weighted by Gasteiger charge is -2.41. The molecule has 2 heterocycles. The van der Waals surface area contributed by atoms with Crippen LogP contribution in [0, 0.1) is 0 Å². The fourth-order valence-electron chi connectivity index (χ4n) is 4.72. The summed E-state index contributed by atoms with van der Waals surface area (Å²) >= 11 is 1.74. The number of thioether (sulfide) groups is 1. The first-order chi connectivity index (χ1) is 17.4. The van der Waals surface area contributed by atoms with Crippen molar-refractivity contribution in [2.45, 2.75) is 46.6 Å². The molecule has 2 N–H and O–H groups in total. The molecule has 1 saturated heterocycles. The number of urea groups is 1. The van der Waals surface area contributed by atoms with Gasteiger partial charge in [0.05, 0.1) is 17.3 Å². The summed E-state index contributed by atoms with van der Waals surface area (Å²) in [5.74, 6) is 1.04. The smallest absolute Gasteiger partial charge is 0.323 e. The highest BCUT2D eigenvalue weighted by atomic mass is 32.2. The van der Waals surface area contributed by atoms with Crippen molar-refractivity contribution in [1.29, 1.82) is 0 Å². The number of hydrogen-bond donors (Lipinski definition) is 2. The van der Waals surface area contributed by atoms with E-state index in [0.717, 1.165) is 52.8 Å². The molecule has 0 radical (unpaired) electrons. The Bertz CT molecular complexity index is 1190. The highest BCUT2D eigenvalue weighted by Crippen LogP contribution is 2.40. The number of likely N-dealkylation sites (N-methyl/N-ethyl adjacent to an activating group) is 1. The Hall–Kier alpha value is -3.26. The average Bonchev–Trinajstić information content (AvgIpc) is 2.88. The molecule has 2 aliphatic rings. The van der Waals surface area contributed by atoms with E-state index in [1.165, 1.54) is 0 Å². The summed E-state index contributed by atoms with van der Waals surface area (Å²) in [5.41, 5.74) is 5.04. The molecule has 7 nitrogen and oxygen atoms in total. The van der Waals surface area contributed by atoms with E-state index in [-0.39, 0.29) is 18.0 Å². The van der Waals surface area contributed by atoms with Gasteiger partial charge in [-0.3, -0.25) is 4.79 Å². The van der Waals surface area contributed by atoms with Crippen LogP contribution in [-0.2, 0) is 11.2 Å². The predicted octanol–water partition coefficient (Wildman–Crippen LogP) is 5.89. The van der Waals surface area contributed by atoms with Crippen LogP contribution in [0.3, 0.4) is 0 Å². The summed E-state index contributed by atoms with van der Waals surface area (Å²) in [6, 6.07) is 15.1. The molecule has 0 bridgehead atoms. The molecule has 0 saturated carbocycles. The van der Waals surface area contributed by atoms with Gasteiger partial charge in [-0.05, 0) is 69.0 Å². The summed E-state index contributed by atoms with van der Waals surface area (Å²) in [7, 11) is 0. The molecule has 0 spiro atoms. The number of hydrogen-bond acceptors (Lipinski definition) is 5. The molecule has 3 amide bonds. The number of carbonyl (C=O) groups excluding carboxylic acids is 2. The third kappa shape index (κ3) is 5.59. The van der Waals surface area contributed by atoms with E-state index in [4.69, 9.17) is 4.99 Å². The Labute approximate surface area is 218 Å². The normalized spacial score (nSPS) is 17.3. The summed E-state index contributed by atoms with van der Waals surface area (Å²) in [4.78, 5) is 35.3. The van der Waals surface area contributed by atoms with Gasteiger partial charge in [0, 0.05) is 36.8 Å². The van der Waals surface area contributed by atoms with Crippen LogP contribution in [0.4, 0.5) is 16.2 Å². The van der Waals surface area contributed by atoms with Crippen molar-refractivity contribution in [3.63, 3.8) is 0 Å². The second-order valence-corrected chi connectivity index (χ2v) is 9.99. The van der Waals surface area contributed by atoms with Crippen LogP contribution in [0.2, 0.25) is 0 Å². The minimum atomic E-state index is -0.300. The number of benzene rings is 2. The number of rotatable bonds is 7. The van der Waals surface area contributed by atoms with Gasteiger partial charge in [-0.25, -0.2) is 9.79 Å². The zero-order valence-electron chi connectivity index (χ0n) is 21.5. The van der Waals surface area contributed by atoms with E-state index in [1.807, 2.05) is 74.2 Å². The average molecular weight is 506 g/mol. The lowest BCUT2D eigenvalue weighted by Crippen LogP contribution is -2.45. The predicted molar refractivity (Wildman–Crippen MR) is 149 cm³/mol. The summed E-state index contributed by atoms with van der Waals surface area (Å²) in [6.07, 6.45) is 1.94. The molecule has 0 aromatic heterocycles. The van der Waals surface area contributed by atoms with E-state index in [0.29, 0.717) is 24.4 Å². The van der Waals surface area contributed by atoms with E-state index < -0.39 is 0 Å². The Kier molecular flexibility index (Phi) is 8.36. The van der Waals surface area contributed by atoms with Crippen LogP contribution >= 0.6 is 11.8 Å². The maximum atomic E-state index is 13.6. The number of amidine groups is 1. The summed E-state index contributed by atoms with van der Waals surface area (Å²) in [6.45, 7) is 10.1. The monoisotopic (exact) mass is 505 g/mol. The molecule has 0 aliphatic carbocycles. The highest BCUT2D eigenvalue weighted by molar-refractivity contribution is 8.13. The van der Waals surface area contributed by atoms with Crippen LogP contribution in [0.5, 0.6) is 0 Å². The minimum absolute atomic E-state index is 0.0211. The standard InChI is InChI=1S/C28H35N5O2S/c1-5-20-11-8-13-22(17-20)30-27(35)31-23-14-9-12-21(18-23)25-24(26(34)32(6-2)7-3)19(4)29-28-33(25)15-10-16-36-28/h8-9,11-14,17-18,25H,5-7,10,15-16H2,1-4H3,(H2,30,31,35). The van der Waals surface area contributed by atoms with Crippen LogP contribution in [0.25, 0.3) is 0 Å². The maximum Gasteiger partial charge on any atom is 0.323 e. The molecule has 2 aromatic rings. The second-order valence-electron chi connectivity index (χ2n) is 8.93. The van der Waals surface area contributed by atoms with Crippen LogP contribution < -0.4 is 10.6 Å². The molecule has 2 aromatic carbocycles. The van der Waals surface area contributed by atoms with Gasteiger partial charge in [-0.1, -0.05) is 43.0 Å². The maximum absolute atomic E-state index is 13.6. The number of allylic oxidation sites excluding steroid dienone is 1. The van der Waals surface area contributed by atoms with E-state index >= 15 is 0 Å². The quantitative estimate of drug-likeness (QED) is 0.492.